The first-order valence-electron chi connectivity index (χ1n) is 12.1. The molecule has 1 aliphatic rings. The molecular weight excluding hydrogens is 459 g/mol. The molecular formula is C32H29NSSi. The third-order valence-electron chi connectivity index (χ3n) is 6.90. The van der Waals surface area contributed by atoms with Crippen molar-refractivity contribution in [3.05, 3.63) is 121 Å². The molecule has 35 heavy (non-hydrogen) atoms. The van der Waals surface area contributed by atoms with E-state index in [2.05, 4.69) is 135 Å². The Morgan fingerprint density at radius 3 is 1.83 bits per heavy atom. The molecule has 0 amide bonds. The van der Waals surface area contributed by atoms with Crippen LogP contribution in [0.25, 0.3) is 22.4 Å². The van der Waals surface area contributed by atoms with Gasteiger partial charge in [0.1, 0.15) is 0 Å². The first-order valence-corrected chi connectivity index (χ1v) is 17.3. The molecule has 6 rings (SSSR count). The first kappa shape index (κ1) is 22.1. The maximum Gasteiger partial charge on any atom is 0.0804 e. The minimum Gasteiger partial charge on any atom is -0.256 e. The monoisotopic (exact) mass is 487 g/mol. The molecule has 0 N–H and O–H groups in total. The van der Waals surface area contributed by atoms with E-state index in [4.69, 9.17) is 4.98 Å². The molecule has 0 radical (unpaired) electrons. The van der Waals surface area contributed by atoms with Crippen molar-refractivity contribution >= 4 is 23.3 Å². The van der Waals surface area contributed by atoms with E-state index in [1.807, 2.05) is 6.20 Å². The summed E-state index contributed by atoms with van der Waals surface area (Å²) in [5, 5.41) is 1.41. The molecule has 0 fully saturated rings. The fraction of sp³-hybridized carbons (Fsp3) is 0.0938. The molecule has 3 heteroatoms. The number of aromatic nitrogens is 1. The Morgan fingerprint density at radius 2 is 1.17 bits per heavy atom. The zero-order valence-corrected chi connectivity index (χ0v) is 22.2. The van der Waals surface area contributed by atoms with E-state index in [9.17, 15) is 0 Å². The highest BCUT2D eigenvalue weighted by molar-refractivity contribution is 8.34. The highest BCUT2D eigenvalue weighted by Crippen LogP contribution is 2.79. The molecule has 0 atom stereocenters. The van der Waals surface area contributed by atoms with Gasteiger partial charge in [0.2, 0.25) is 0 Å². The third-order valence-corrected chi connectivity index (χ3v) is 12.9. The van der Waals surface area contributed by atoms with Crippen LogP contribution >= 0.6 is 10.0 Å². The third kappa shape index (κ3) is 3.42. The van der Waals surface area contributed by atoms with Crippen LogP contribution in [-0.2, 0) is 0 Å². The maximum absolute atomic E-state index is 4.89. The van der Waals surface area contributed by atoms with Crippen LogP contribution in [0.15, 0.2) is 141 Å². The molecule has 0 saturated carbocycles. The van der Waals surface area contributed by atoms with Crippen molar-refractivity contribution in [2.75, 3.05) is 0 Å². The summed E-state index contributed by atoms with van der Waals surface area (Å²) in [7, 11) is -3.14. The number of hydrogen-bond acceptors (Lipinski definition) is 1. The molecule has 0 unspecified atom stereocenters. The van der Waals surface area contributed by atoms with Gasteiger partial charge in [-0.15, -0.1) is 10.0 Å². The summed E-state index contributed by atoms with van der Waals surface area (Å²) >= 11 is 0. The van der Waals surface area contributed by atoms with E-state index in [0.717, 1.165) is 5.69 Å². The van der Waals surface area contributed by atoms with E-state index in [1.165, 1.54) is 41.5 Å². The Labute approximate surface area is 210 Å². The number of rotatable bonds is 4. The van der Waals surface area contributed by atoms with E-state index < -0.39 is 18.1 Å². The average molecular weight is 488 g/mol. The number of hydrogen-bond donors (Lipinski definition) is 0. The second kappa shape index (κ2) is 8.37. The Balaban J connectivity index is 1.68. The van der Waals surface area contributed by atoms with E-state index in [0.29, 0.717) is 0 Å². The number of benzene rings is 4. The summed E-state index contributed by atoms with van der Waals surface area (Å²) in [4.78, 5) is 10.5. The van der Waals surface area contributed by atoms with Crippen LogP contribution in [0.2, 0.25) is 19.6 Å². The van der Waals surface area contributed by atoms with Crippen LogP contribution in [0.5, 0.6) is 0 Å². The predicted molar refractivity (Wildman–Crippen MR) is 152 cm³/mol. The Kier molecular flexibility index (Phi) is 5.28. The summed E-state index contributed by atoms with van der Waals surface area (Å²) in [6, 6.07) is 42.7. The minimum atomic E-state index is -1.59. The molecule has 2 heterocycles. The normalized spacial score (nSPS) is 14.7. The van der Waals surface area contributed by atoms with Gasteiger partial charge in [-0.2, -0.15) is 0 Å². The van der Waals surface area contributed by atoms with Gasteiger partial charge >= 0.3 is 0 Å². The molecule has 0 bridgehead atoms. The van der Waals surface area contributed by atoms with Crippen molar-refractivity contribution in [3.8, 4) is 22.4 Å². The van der Waals surface area contributed by atoms with Gasteiger partial charge < -0.3 is 0 Å². The smallest absolute Gasteiger partial charge is 0.0804 e. The standard InChI is InChI=1S/C32H29NSSi/c1-35(2,3)31-19-12-22-33-32(31)24-20-21-30-28(23-24)27-17-10-11-18-29(27)34(30,25-13-6-4-7-14-25)26-15-8-5-9-16-26/h4-23H,1-3H3. The Hall–Kier alpha value is -3.40. The van der Waals surface area contributed by atoms with Gasteiger partial charge in [-0.1, -0.05) is 86.4 Å². The molecule has 4 aromatic carbocycles. The zero-order valence-electron chi connectivity index (χ0n) is 20.4. The van der Waals surface area contributed by atoms with Crippen molar-refractivity contribution < 1.29 is 0 Å². The number of pyridine rings is 1. The SMILES string of the molecule is C[Si](C)(C)c1cccnc1-c1ccc2c(c1)-c1ccccc1S2(c1ccccc1)c1ccccc1. The zero-order chi connectivity index (χ0) is 24.0. The van der Waals surface area contributed by atoms with Gasteiger partial charge in [0.05, 0.1) is 13.8 Å². The van der Waals surface area contributed by atoms with Crippen LogP contribution in [0.1, 0.15) is 0 Å². The lowest BCUT2D eigenvalue weighted by Crippen LogP contribution is -2.39. The predicted octanol–water partition coefficient (Wildman–Crippen LogP) is 8.62. The first-order chi connectivity index (χ1) is 17.0. The van der Waals surface area contributed by atoms with Crippen molar-refractivity contribution in [1.82, 2.24) is 4.98 Å². The summed E-state index contributed by atoms with van der Waals surface area (Å²) in [6.45, 7) is 7.20. The molecule has 0 aliphatic carbocycles. The maximum atomic E-state index is 4.89. The highest BCUT2D eigenvalue weighted by atomic mass is 32.3. The fourth-order valence-electron chi connectivity index (χ4n) is 5.36. The summed E-state index contributed by atoms with van der Waals surface area (Å²) in [6.07, 6.45) is 1.93. The second-order valence-corrected chi connectivity index (χ2v) is 18.2. The van der Waals surface area contributed by atoms with Gasteiger partial charge in [0.15, 0.2) is 0 Å². The van der Waals surface area contributed by atoms with Gasteiger partial charge in [0, 0.05) is 31.3 Å². The summed E-state index contributed by atoms with van der Waals surface area (Å²) < 4.78 is 0. The van der Waals surface area contributed by atoms with Crippen molar-refractivity contribution in [2.45, 2.75) is 39.2 Å². The number of nitrogens with zero attached hydrogens (tertiary/aromatic N) is 1. The lowest BCUT2D eigenvalue weighted by Gasteiger charge is -2.39. The van der Waals surface area contributed by atoms with E-state index in [-0.39, 0.29) is 0 Å². The molecule has 5 aromatic rings. The van der Waals surface area contributed by atoms with Crippen LogP contribution in [-0.4, -0.2) is 13.1 Å². The average Bonchev–Trinajstić information content (AvgIpc) is 3.20. The van der Waals surface area contributed by atoms with Crippen molar-refractivity contribution in [3.63, 3.8) is 0 Å². The number of fused-ring (bicyclic) bond motifs is 3. The fourth-order valence-corrected chi connectivity index (χ4v) is 11.1. The molecule has 0 saturated heterocycles. The van der Waals surface area contributed by atoms with Gasteiger partial charge in [-0.3, -0.25) is 4.98 Å². The Morgan fingerprint density at radius 1 is 0.571 bits per heavy atom. The molecule has 172 valence electrons. The van der Waals surface area contributed by atoms with Crippen LogP contribution in [0, 0.1) is 0 Å². The van der Waals surface area contributed by atoms with Crippen LogP contribution in [0.3, 0.4) is 0 Å². The summed E-state index contributed by atoms with van der Waals surface area (Å²) in [5.74, 6) is 0. The summed E-state index contributed by atoms with van der Waals surface area (Å²) in [5.41, 5.74) is 5.04. The molecule has 0 spiro atoms. The molecule has 1 aliphatic heterocycles. The largest absolute Gasteiger partial charge is 0.256 e. The minimum absolute atomic E-state index is 1.14. The van der Waals surface area contributed by atoms with Crippen molar-refractivity contribution in [1.29, 1.82) is 0 Å². The van der Waals surface area contributed by atoms with Crippen LogP contribution < -0.4 is 5.19 Å². The van der Waals surface area contributed by atoms with E-state index >= 15 is 0 Å². The molecule has 1 nitrogen and oxygen atoms in total. The lowest BCUT2D eigenvalue weighted by molar-refractivity contribution is 1.29. The van der Waals surface area contributed by atoms with Gasteiger partial charge in [0.25, 0.3) is 0 Å². The van der Waals surface area contributed by atoms with Crippen LogP contribution in [0.4, 0.5) is 0 Å². The van der Waals surface area contributed by atoms with Gasteiger partial charge in [-0.25, -0.2) is 0 Å². The Bertz CT molecular complexity index is 1480. The van der Waals surface area contributed by atoms with Crippen molar-refractivity contribution in [2.24, 2.45) is 0 Å². The topological polar surface area (TPSA) is 12.9 Å². The highest BCUT2D eigenvalue weighted by Gasteiger charge is 2.41. The molecule has 1 aromatic heterocycles. The van der Waals surface area contributed by atoms with E-state index in [1.54, 1.807) is 0 Å². The lowest BCUT2D eigenvalue weighted by atomic mass is 10.0. The van der Waals surface area contributed by atoms with Gasteiger partial charge in [-0.05, 0) is 64.8 Å². The second-order valence-electron chi connectivity index (χ2n) is 10.1. The quantitative estimate of drug-likeness (QED) is 0.227.